The number of aliphatic carboxylic acids is 1. The largest absolute Gasteiger partial charge is 0.480 e. The molecule has 0 aliphatic carbocycles. The predicted molar refractivity (Wildman–Crippen MR) is 113 cm³/mol. The van der Waals surface area contributed by atoms with E-state index >= 15 is 0 Å². The van der Waals surface area contributed by atoms with E-state index in [9.17, 15) is 19.2 Å². The molecule has 3 amide bonds. The van der Waals surface area contributed by atoms with E-state index in [1.807, 2.05) is 44.2 Å². The van der Waals surface area contributed by atoms with Crippen LogP contribution in [-0.2, 0) is 25.7 Å². The molecule has 1 aliphatic rings. The second-order valence-electron chi connectivity index (χ2n) is 8.15. The molecule has 1 saturated heterocycles. The van der Waals surface area contributed by atoms with Gasteiger partial charge in [0.1, 0.15) is 24.7 Å². The molecule has 2 rings (SSSR count). The maximum absolute atomic E-state index is 12.9. The van der Waals surface area contributed by atoms with Gasteiger partial charge in [-0.2, -0.15) is 0 Å². The van der Waals surface area contributed by atoms with Gasteiger partial charge in [0, 0.05) is 6.54 Å². The lowest BCUT2D eigenvalue weighted by atomic mass is 10.0. The zero-order valence-electron chi connectivity index (χ0n) is 18.2. The van der Waals surface area contributed by atoms with Gasteiger partial charge < -0.3 is 20.5 Å². The number of carbonyl (C=O) groups excluding carboxylic acids is 3. The molecule has 9 heteroatoms. The summed E-state index contributed by atoms with van der Waals surface area (Å²) in [7, 11) is 0. The molecule has 3 atom stereocenters. The fourth-order valence-corrected chi connectivity index (χ4v) is 3.41. The molecule has 1 aliphatic heterocycles. The van der Waals surface area contributed by atoms with Gasteiger partial charge in [0.15, 0.2) is 0 Å². The monoisotopic (exact) mass is 433 g/mol. The van der Waals surface area contributed by atoms with Gasteiger partial charge in [0.25, 0.3) is 0 Å². The first kappa shape index (κ1) is 24.2. The van der Waals surface area contributed by atoms with Crippen molar-refractivity contribution in [1.82, 2.24) is 15.5 Å². The minimum Gasteiger partial charge on any atom is -0.480 e. The van der Waals surface area contributed by atoms with E-state index in [4.69, 9.17) is 9.84 Å². The van der Waals surface area contributed by atoms with E-state index in [0.717, 1.165) is 5.56 Å². The van der Waals surface area contributed by atoms with E-state index < -0.39 is 42.0 Å². The molecule has 0 unspecified atom stereocenters. The summed E-state index contributed by atoms with van der Waals surface area (Å²) in [6, 6.07) is 6.55. The van der Waals surface area contributed by atoms with E-state index in [0.29, 0.717) is 25.8 Å². The van der Waals surface area contributed by atoms with E-state index in [-0.39, 0.29) is 12.5 Å². The zero-order chi connectivity index (χ0) is 23.0. The second-order valence-corrected chi connectivity index (χ2v) is 8.15. The molecule has 0 aromatic heterocycles. The van der Waals surface area contributed by atoms with E-state index in [2.05, 4.69) is 10.6 Å². The SMILES string of the molecule is CC(C)C[C@H](NC(=O)[C@@H]1CCCN1C(=O)OCc1ccccc1)C(=O)N[C@@H](C)C(=O)O. The van der Waals surface area contributed by atoms with Crippen LogP contribution in [0, 0.1) is 5.92 Å². The lowest BCUT2D eigenvalue weighted by molar-refractivity contribution is -0.141. The Labute approximate surface area is 182 Å². The van der Waals surface area contributed by atoms with Gasteiger partial charge in [-0.1, -0.05) is 44.2 Å². The summed E-state index contributed by atoms with van der Waals surface area (Å²) in [5.74, 6) is -2.08. The third-order valence-electron chi connectivity index (χ3n) is 5.06. The molecule has 1 aromatic rings. The average molecular weight is 434 g/mol. The van der Waals surface area contributed by atoms with Crippen molar-refractivity contribution in [2.45, 2.75) is 64.8 Å². The molecule has 9 nitrogen and oxygen atoms in total. The number of ether oxygens (including phenoxy) is 1. The Balaban J connectivity index is 1.99. The molecule has 1 heterocycles. The Morgan fingerprint density at radius 3 is 2.42 bits per heavy atom. The van der Waals surface area contributed by atoms with Crippen molar-refractivity contribution in [3.05, 3.63) is 35.9 Å². The Hall–Kier alpha value is -3.10. The number of carbonyl (C=O) groups is 4. The van der Waals surface area contributed by atoms with Crippen molar-refractivity contribution in [2.24, 2.45) is 5.92 Å². The number of carboxylic acids is 1. The number of nitrogens with one attached hydrogen (secondary N) is 2. The van der Waals surface area contributed by atoms with Crippen molar-refractivity contribution in [3.8, 4) is 0 Å². The minimum absolute atomic E-state index is 0.0895. The van der Waals surface area contributed by atoms with Gasteiger partial charge in [0.2, 0.25) is 11.8 Å². The third-order valence-corrected chi connectivity index (χ3v) is 5.06. The Kier molecular flexibility index (Phi) is 8.84. The number of hydrogen-bond donors (Lipinski definition) is 3. The average Bonchev–Trinajstić information content (AvgIpc) is 3.22. The molecule has 1 aromatic carbocycles. The number of hydrogen-bond acceptors (Lipinski definition) is 5. The molecule has 1 fully saturated rings. The summed E-state index contributed by atoms with van der Waals surface area (Å²) in [6.07, 6.45) is 0.879. The first-order chi connectivity index (χ1) is 14.7. The van der Waals surface area contributed by atoms with Gasteiger partial charge in [-0.15, -0.1) is 0 Å². The Morgan fingerprint density at radius 2 is 1.81 bits per heavy atom. The van der Waals surface area contributed by atoms with Crippen LogP contribution in [0.5, 0.6) is 0 Å². The van der Waals surface area contributed by atoms with Crippen LogP contribution in [0.15, 0.2) is 30.3 Å². The van der Waals surface area contributed by atoms with Gasteiger partial charge in [-0.05, 0) is 37.7 Å². The summed E-state index contributed by atoms with van der Waals surface area (Å²) in [5, 5.41) is 14.1. The van der Waals surface area contributed by atoms with Crippen LogP contribution < -0.4 is 10.6 Å². The highest BCUT2D eigenvalue weighted by Gasteiger charge is 2.37. The van der Waals surface area contributed by atoms with E-state index in [1.54, 1.807) is 0 Å². The quantitative estimate of drug-likeness (QED) is 0.546. The Bertz CT molecular complexity index is 783. The number of amides is 3. The zero-order valence-corrected chi connectivity index (χ0v) is 18.2. The summed E-state index contributed by atoms with van der Waals surface area (Å²) in [4.78, 5) is 50.4. The normalized spacial score (nSPS) is 17.7. The van der Waals surface area contributed by atoms with Gasteiger partial charge >= 0.3 is 12.1 Å². The van der Waals surface area contributed by atoms with Crippen molar-refractivity contribution < 1.29 is 29.0 Å². The molecular weight excluding hydrogens is 402 g/mol. The van der Waals surface area contributed by atoms with Crippen molar-refractivity contribution in [2.75, 3.05) is 6.54 Å². The van der Waals surface area contributed by atoms with Crippen LogP contribution in [0.4, 0.5) is 4.79 Å². The predicted octanol–water partition coefficient (Wildman–Crippen LogP) is 1.91. The van der Waals surface area contributed by atoms with Gasteiger partial charge in [-0.3, -0.25) is 19.3 Å². The summed E-state index contributed by atoms with van der Waals surface area (Å²) < 4.78 is 5.35. The summed E-state index contributed by atoms with van der Waals surface area (Å²) >= 11 is 0. The van der Waals surface area contributed by atoms with Crippen molar-refractivity contribution in [1.29, 1.82) is 0 Å². The number of benzene rings is 1. The highest BCUT2D eigenvalue weighted by molar-refractivity contribution is 5.93. The number of nitrogens with zero attached hydrogens (tertiary/aromatic N) is 1. The number of rotatable bonds is 9. The number of likely N-dealkylation sites (tertiary alicyclic amines) is 1. The highest BCUT2D eigenvalue weighted by atomic mass is 16.6. The molecule has 170 valence electrons. The summed E-state index contributed by atoms with van der Waals surface area (Å²) in [5.41, 5.74) is 0.845. The van der Waals surface area contributed by atoms with E-state index in [1.165, 1.54) is 11.8 Å². The van der Waals surface area contributed by atoms with Crippen LogP contribution >= 0.6 is 0 Å². The second kappa shape index (κ2) is 11.3. The van der Waals surface area contributed by atoms with Crippen LogP contribution in [-0.4, -0.2) is 58.6 Å². The van der Waals surface area contributed by atoms with Crippen molar-refractivity contribution in [3.63, 3.8) is 0 Å². The fourth-order valence-electron chi connectivity index (χ4n) is 3.41. The van der Waals surface area contributed by atoms with Crippen LogP contribution in [0.1, 0.15) is 45.6 Å². The lowest BCUT2D eigenvalue weighted by Gasteiger charge is -2.27. The van der Waals surface area contributed by atoms with Crippen LogP contribution in [0.3, 0.4) is 0 Å². The molecule has 0 bridgehead atoms. The smallest absolute Gasteiger partial charge is 0.410 e. The Morgan fingerprint density at radius 1 is 1.13 bits per heavy atom. The van der Waals surface area contributed by atoms with Crippen molar-refractivity contribution >= 4 is 23.9 Å². The summed E-state index contributed by atoms with van der Waals surface area (Å²) in [6.45, 7) is 5.65. The maximum atomic E-state index is 12.9. The van der Waals surface area contributed by atoms with Crippen LogP contribution in [0.25, 0.3) is 0 Å². The van der Waals surface area contributed by atoms with Gasteiger partial charge in [0.05, 0.1) is 0 Å². The minimum atomic E-state index is -1.16. The molecule has 3 N–H and O–H groups in total. The third kappa shape index (κ3) is 7.27. The molecule has 0 saturated carbocycles. The highest BCUT2D eigenvalue weighted by Crippen LogP contribution is 2.20. The first-order valence-electron chi connectivity index (χ1n) is 10.5. The molecule has 0 spiro atoms. The molecular formula is C22H31N3O6. The maximum Gasteiger partial charge on any atom is 0.410 e. The standard InChI is InChI=1S/C22H31N3O6/c1-14(2)12-17(19(26)23-15(3)21(28)29)24-20(27)18-10-7-11-25(18)22(30)31-13-16-8-5-4-6-9-16/h4-6,8-9,14-15,17-18H,7,10-13H2,1-3H3,(H,23,26)(H,24,27)(H,28,29)/t15-,17-,18-/m0/s1. The molecule has 0 radical (unpaired) electrons. The van der Waals surface area contributed by atoms with Gasteiger partial charge in [-0.25, -0.2) is 4.79 Å². The lowest BCUT2D eigenvalue weighted by Crippen LogP contribution is -2.55. The topological polar surface area (TPSA) is 125 Å². The molecule has 31 heavy (non-hydrogen) atoms. The van der Waals surface area contributed by atoms with Crippen LogP contribution in [0.2, 0.25) is 0 Å². The number of carboxylic acid groups (broad SMARTS) is 1. The fraction of sp³-hybridized carbons (Fsp3) is 0.545. The first-order valence-corrected chi connectivity index (χ1v) is 10.5.